The van der Waals surface area contributed by atoms with E-state index in [1.807, 2.05) is 38.2 Å². The minimum absolute atomic E-state index is 0.350. The maximum Gasteiger partial charge on any atom is 0.220 e. The van der Waals surface area contributed by atoms with E-state index >= 15 is 0 Å². The Labute approximate surface area is 165 Å². The molecule has 0 saturated carbocycles. The SMILES string of the molecule is CC.CC1Cc2cnc(N)nc2-c2ccccc21.Clc1ccccc1Cl. The topological polar surface area (TPSA) is 51.8 Å². The van der Waals surface area contributed by atoms with Crippen LogP contribution in [-0.4, -0.2) is 9.97 Å². The lowest BCUT2D eigenvalue weighted by molar-refractivity contribution is 0.740. The number of rotatable bonds is 0. The lowest BCUT2D eigenvalue weighted by Gasteiger charge is -2.23. The molecule has 0 aliphatic heterocycles. The number of fused-ring (bicyclic) bond motifs is 3. The number of aromatic nitrogens is 2. The summed E-state index contributed by atoms with van der Waals surface area (Å²) in [5.74, 6) is 0.874. The van der Waals surface area contributed by atoms with Gasteiger partial charge in [-0.25, -0.2) is 9.97 Å². The van der Waals surface area contributed by atoms with Gasteiger partial charge in [0.2, 0.25) is 5.95 Å². The fraction of sp³-hybridized carbons (Fsp3) is 0.238. The highest BCUT2D eigenvalue weighted by atomic mass is 35.5. The van der Waals surface area contributed by atoms with Gasteiger partial charge < -0.3 is 5.73 Å². The van der Waals surface area contributed by atoms with Crippen LogP contribution in [0.5, 0.6) is 0 Å². The summed E-state index contributed by atoms with van der Waals surface area (Å²) in [7, 11) is 0. The Morgan fingerprint density at radius 1 is 0.962 bits per heavy atom. The summed E-state index contributed by atoms with van der Waals surface area (Å²) in [6.45, 7) is 6.23. The van der Waals surface area contributed by atoms with Gasteiger partial charge in [0, 0.05) is 11.8 Å². The molecule has 26 heavy (non-hydrogen) atoms. The number of anilines is 1. The van der Waals surface area contributed by atoms with Crippen molar-refractivity contribution in [3.8, 4) is 11.3 Å². The number of nitrogen functional groups attached to an aromatic ring is 1. The number of halogens is 2. The lowest BCUT2D eigenvalue weighted by atomic mass is 9.83. The molecule has 0 amide bonds. The van der Waals surface area contributed by atoms with Crippen LogP contribution in [0.1, 0.15) is 37.8 Å². The molecule has 0 fully saturated rings. The summed E-state index contributed by atoms with van der Waals surface area (Å²) in [5.41, 5.74) is 10.4. The number of benzene rings is 2. The Bertz CT molecular complexity index is 844. The van der Waals surface area contributed by atoms with Crippen molar-refractivity contribution in [3.63, 3.8) is 0 Å². The van der Waals surface area contributed by atoms with Crippen LogP contribution in [0.2, 0.25) is 10.0 Å². The van der Waals surface area contributed by atoms with Gasteiger partial charge in [-0.05, 0) is 35.6 Å². The van der Waals surface area contributed by atoms with E-state index in [4.69, 9.17) is 28.9 Å². The Kier molecular flexibility index (Phi) is 7.43. The van der Waals surface area contributed by atoms with E-state index in [9.17, 15) is 0 Å². The predicted molar refractivity (Wildman–Crippen MR) is 112 cm³/mol. The molecular weight excluding hydrogens is 365 g/mol. The molecule has 4 rings (SSSR count). The molecule has 0 radical (unpaired) electrons. The summed E-state index contributed by atoms with van der Waals surface area (Å²) in [6, 6.07) is 15.6. The highest BCUT2D eigenvalue weighted by Gasteiger charge is 2.22. The highest BCUT2D eigenvalue weighted by Crippen LogP contribution is 2.37. The minimum atomic E-state index is 0.350. The molecule has 1 aromatic heterocycles. The molecule has 0 saturated heterocycles. The summed E-state index contributed by atoms with van der Waals surface area (Å²) in [4.78, 5) is 8.42. The monoisotopic (exact) mass is 387 g/mol. The largest absolute Gasteiger partial charge is 0.368 e. The second kappa shape index (κ2) is 9.56. The molecule has 2 N–H and O–H groups in total. The number of hydrogen-bond donors (Lipinski definition) is 1. The summed E-state index contributed by atoms with van der Waals surface area (Å²) >= 11 is 11.2. The van der Waals surface area contributed by atoms with Crippen molar-refractivity contribution in [3.05, 3.63) is 75.9 Å². The van der Waals surface area contributed by atoms with Gasteiger partial charge >= 0.3 is 0 Å². The molecule has 1 aliphatic carbocycles. The second-order valence-electron chi connectivity index (χ2n) is 5.71. The first-order valence-corrected chi connectivity index (χ1v) is 9.42. The highest BCUT2D eigenvalue weighted by molar-refractivity contribution is 6.41. The molecule has 1 unspecified atom stereocenters. The third-order valence-electron chi connectivity index (χ3n) is 3.98. The van der Waals surface area contributed by atoms with E-state index in [2.05, 4.69) is 35.1 Å². The van der Waals surface area contributed by atoms with Gasteiger partial charge in [0.15, 0.2) is 0 Å². The third kappa shape index (κ3) is 4.75. The van der Waals surface area contributed by atoms with E-state index in [1.54, 1.807) is 12.1 Å². The first-order valence-electron chi connectivity index (χ1n) is 8.67. The molecule has 3 nitrogen and oxygen atoms in total. The Morgan fingerprint density at radius 3 is 2.15 bits per heavy atom. The molecule has 0 bridgehead atoms. The van der Waals surface area contributed by atoms with Crippen LogP contribution >= 0.6 is 23.2 Å². The normalized spacial score (nSPS) is 14.0. The van der Waals surface area contributed by atoms with Gasteiger partial charge in [-0.2, -0.15) is 0 Å². The number of nitrogens with zero attached hydrogens (tertiary/aromatic N) is 2. The van der Waals surface area contributed by atoms with Crippen LogP contribution in [0, 0.1) is 0 Å². The smallest absolute Gasteiger partial charge is 0.220 e. The molecule has 5 heteroatoms. The molecule has 1 atom stereocenters. The Hall–Kier alpha value is -2.10. The molecule has 136 valence electrons. The van der Waals surface area contributed by atoms with Crippen LogP contribution in [0.4, 0.5) is 5.95 Å². The van der Waals surface area contributed by atoms with Crippen molar-refractivity contribution < 1.29 is 0 Å². The van der Waals surface area contributed by atoms with Crippen molar-refractivity contribution in [2.24, 2.45) is 0 Å². The zero-order chi connectivity index (χ0) is 19.1. The summed E-state index contributed by atoms with van der Waals surface area (Å²) < 4.78 is 0. The molecule has 3 aromatic rings. The zero-order valence-electron chi connectivity index (χ0n) is 15.2. The third-order valence-corrected chi connectivity index (χ3v) is 4.74. The van der Waals surface area contributed by atoms with E-state index in [-0.39, 0.29) is 0 Å². The Morgan fingerprint density at radius 2 is 1.54 bits per heavy atom. The fourth-order valence-electron chi connectivity index (χ4n) is 2.82. The number of hydrogen-bond acceptors (Lipinski definition) is 3. The summed E-state index contributed by atoms with van der Waals surface area (Å²) in [5, 5.41) is 1.21. The maximum atomic E-state index is 5.65. The quantitative estimate of drug-likeness (QED) is 0.484. The van der Waals surface area contributed by atoms with Crippen molar-refractivity contribution in [2.45, 2.75) is 33.1 Å². The Balaban J connectivity index is 0.000000206. The first-order chi connectivity index (χ1) is 12.6. The van der Waals surface area contributed by atoms with Crippen LogP contribution < -0.4 is 5.73 Å². The van der Waals surface area contributed by atoms with Crippen molar-refractivity contribution in [1.29, 1.82) is 0 Å². The average Bonchev–Trinajstić information content (AvgIpc) is 2.67. The second-order valence-corrected chi connectivity index (χ2v) is 6.52. The van der Waals surface area contributed by atoms with Gasteiger partial charge in [0.05, 0.1) is 15.7 Å². The van der Waals surface area contributed by atoms with Crippen molar-refractivity contribution in [2.75, 3.05) is 5.73 Å². The first kappa shape index (κ1) is 20.2. The van der Waals surface area contributed by atoms with Crippen LogP contribution in [0.15, 0.2) is 54.7 Å². The van der Waals surface area contributed by atoms with Gasteiger partial charge in [0.25, 0.3) is 0 Å². The fourth-order valence-corrected chi connectivity index (χ4v) is 3.10. The standard InChI is InChI=1S/C13H13N3.C6H4Cl2.C2H6/c1-8-6-9-7-15-13(14)16-12(9)11-5-3-2-4-10(8)11;7-5-3-1-2-4-6(5)8;1-2/h2-5,7-8H,6H2,1H3,(H2,14,15,16);1-4H;1-2H3. The van der Waals surface area contributed by atoms with Gasteiger partial charge in [0.1, 0.15) is 0 Å². The minimum Gasteiger partial charge on any atom is -0.368 e. The number of nitrogens with two attached hydrogens (primary N) is 1. The summed E-state index contributed by atoms with van der Waals surface area (Å²) in [6.07, 6.45) is 2.84. The molecule has 1 aliphatic rings. The van der Waals surface area contributed by atoms with E-state index in [0.29, 0.717) is 21.9 Å². The predicted octanol–water partition coefficient (Wildman–Crippen LogP) is 6.41. The van der Waals surface area contributed by atoms with Gasteiger partial charge in [-0.3, -0.25) is 0 Å². The van der Waals surface area contributed by atoms with Gasteiger partial charge in [-0.15, -0.1) is 0 Å². The zero-order valence-corrected chi connectivity index (χ0v) is 16.7. The maximum absolute atomic E-state index is 5.65. The molecular formula is C21H23Cl2N3. The van der Waals surface area contributed by atoms with Crippen molar-refractivity contribution >= 4 is 29.2 Å². The lowest BCUT2D eigenvalue weighted by Crippen LogP contribution is -2.11. The van der Waals surface area contributed by atoms with Gasteiger partial charge in [-0.1, -0.05) is 80.4 Å². The van der Waals surface area contributed by atoms with Crippen LogP contribution in [-0.2, 0) is 6.42 Å². The van der Waals surface area contributed by atoms with E-state index in [1.165, 1.54) is 16.7 Å². The van der Waals surface area contributed by atoms with Crippen LogP contribution in [0.25, 0.3) is 11.3 Å². The van der Waals surface area contributed by atoms with E-state index < -0.39 is 0 Å². The molecule has 0 spiro atoms. The molecule has 2 aromatic carbocycles. The average molecular weight is 388 g/mol. The van der Waals surface area contributed by atoms with Crippen LogP contribution in [0.3, 0.4) is 0 Å². The van der Waals surface area contributed by atoms with E-state index in [0.717, 1.165) is 12.1 Å². The molecule has 1 heterocycles. The van der Waals surface area contributed by atoms with Crippen molar-refractivity contribution in [1.82, 2.24) is 9.97 Å².